The van der Waals surface area contributed by atoms with Crippen molar-refractivity contribution in [2.45, 2.75) is 45.1 Å². The van der Waals surface area contributed by atoms with Crippen molar-refractivity contribution in [2.75, 3.05) is 6.61 Å². The summed E-state index contributed by atoms with van der Waals surface area (Å²) in [7, 11) is 0. The molecule has 4 aromatic rings. The molecular formula is C32H33NO5. The van der Waals surface area contributed by atoms with Gasteiger partial charge in [-0.1, -0.05) is 66.7 Å². The lowest BCUT2D eigenvalue weighted by Gasteiger charge is -2.07. The minimum Gasteiger partial charge on any atom is -0.494 e. The minimum absolute atomic E-state index is 0.0373. The summed E-state index contributed by atoms with van der Waals surface area (Å²) in [4.78, 5) is 22.8. The van der Waals surface area contributed by atoms with Crippen molar-refractivity contribution < 1.29 is 24.5 Å². The number of carboxylic acids is 2. The molecule has 0 amide bonds. The zero-order valence-corrected chi connectivity index (χ0v) is 21.4. The van der Waals surface area contributed by atoms with Gasteiger partial charge in [0.25, 0.3) is 0 Å². The van der Waals surface area contributed by atoms with Crippen molar-refractivity contribution in [3.63, 3.8) is 0 Å². The van der Waals surface area contributed by atoms with Gasteiger partial charge in [-0.2, -0.15) is 0 Å². The normalized spacial score (nSPS) is 11.3. The lowest BCUT2D eigenvalue weighted by Crippen LogP contribution is -2.01. The molecule has 1 heterocycles. The Labute approximate surface area is 222 Å². The summed E-state index contributed by atoms with van der Waals surface area (Å²) in [6.07, 6.45) is 10.3. The van der Waals surface area contributed by atoms with Gasteiger partial charge >= 0.3 is 11.9 Å². The molecule has 0 bridgehead atoms. The van der Waals surface area contributed by atoms with Crippen LogP contribution in [-0.2, 0) is 17.8 Å². The minimum atomic E-state index is -1.01. The number of carbonyl (C=O) groups is 2. The number of unbranched alkanes of at least 4 members (excludes halogenated alkanes) is 2. The van der Waals surface area contributed by atoms with Crippen LogP contribution < -0.4 is 4.74 Å². The van der Waals surface area contributed by atoms with Crippen LogP contribution in [0, 0.1) is 0 Å². The molecule has 6 nitrogen and oxygen atoms in total. The van der Waals surface area contributed by atoms with Crippen LogP contribution >= 0.6 is 0 Å². The fourth-order valence-electron chi connectivity index (χ4n) is 4.57. The van der Waals surface area contributed by atoms with E-state index in [4.69, 9.17) is 9.84 Å². The van der Waals surface area contributed by atoms with Crippen LogP contribution in [-0.4, -0.2) is 33.3 Å². The molecule has 0 fully saturated rings. The number of fused-ring (bicyclic) bond motifs is 1. The maximum atomic E-state index is 11.9. The zero-order chi connectivity index (χ0) is 26.7. The fraction of sp³-hybridized carbons (Fsp3) is 0.250. The first-order chi connectivity index (χ1) is 18.5. The summed E-state index contributed by atoms with van der Waals surface area (Å²) in [5, 5.41) is 19.4. The van der Waals surface area contributed by atoms with E-state index in [0.29, 0.717) is 25.0 Å². The smallest absolute Gasteiger partial charge is 0.337 e. The van der Waals surface area contributed by atoms with Crippen molar-refractivity contribution in [3.8, 4) is 5.75 Å². The van der Waals surface area contributed by atoms with Gasteiger partial charge in [0.1, 0.15) is 5.75 Å². The highest BCUT2D eigenvalue weighted by Gasteiger charge is 2.16. The van der Waals surface area contributed by atoms with Crippen LogP contribution in [0.4, 0.5) is 0 Å². The van der Waals surface area contributed by atoms with E-state index >= 15 is 0 Å². The van der Waals surface area contributed by atoms with E-state index in [-0.39, 0.29) is 12.0 Å². The molecule has 38 heavy (non-hydrogen) atoms. The maximum Gasteiger partial charge on any atom is 0.337 e. The van der Waals surface area contributed by atoms with Crippen molar-refractivity contribution in [2.24, 2.45) is 0 Å². The molecule has 0 saturated heterocycles. The van der Waals surface area contributed by atoms with Gasteiger partial charge < -0.3 is 19.5 Å². The monoisotopic (exact) mass is 511 g/mol. The summed E-state index contributed by atoms with van der Waals surface area (Å²) < 4.78 is 7.72. The second-order valence-electron chi connectivity index (χ2n) is 9.33. The Morgan fingerprint density at radius 2 is 1.61 bits per heavy atom. The number of aliphatic carboxylic acids is 1. The number of benzene rings is 3. The Kier molecular flexibility index (Phi) is 9.35. The van der Waals surface area contributed by atoms with E-state index in [1.54, 1.807) is 6.20 Å². The first-order valence-corrected chi connectivity index (χ1v) is 13.0. The Bertz CT molecular complexity index is 1390. The predicted octanol–water partition coefficient (Wildman–Crippen LogP) is 7.17. The third kappa shape index (κ3) is 7.35. The molecule has 3 aromatic carbocycles. The third-order valence-corrected chi connectivity index (χ3v) is 6.52. The van der Waals surface area contributed by atoms with Crippen LogP contribution in [0.3, 0.4) is 0 Å². The fourth-order valence-corrected chi connectivity index (χ4v) is 4.57. The molecule has 1 aromatic heterocycles. The standard InChI is InChI=1S/C32H33NO5/c34-30(35)14-8-21-33-23-28(32(36)37)31-26(12-7-13-29(31)33)18-15-25-16-19-27(20-17-25)38-22-6-2-5-11-24-9-3-1-4-10-24/h1,3-4,7,9-10,12-13,15-20,23H,2,5-6,8,11,14,21-22H2,(H,34,35)(H,36,37)/b18-15+. The van der Waals surface area contributed by atoms with Gasteiger partial charge in [0.15, 0.2) is 0 Å². The molecule has 0 atom stereocenters. The van der Waals surface area contributed by atoms with E-state index in [1.807, 2.05) is 65.3 Å². The molecular weight excluding hydrogens is 478 g/mol. The molecule has 0 aliphatic heterocycles. The van der Waals surface area contributed by atoms with Gasteiger partial charge in [0.05, 0.1) is 12.2 Å². The highest BCUT2D eigenvalue weighted by atomic mass is 16.5. The number of nitrogens with zero attached hydrogens (tertiary/aromatic N) is 1. The molecule has 0 aliphatic carbocycles. The zero-order valence-electron chi connectivity index (χ0n) is 21.4. The number of aromatic carboxylic acids is 1. The number of rotatable bonds is 14. The lowest BCUT2D eigenvalue weighted by molar-refractivity contribution is -0.137. The summed E-state index contributed by atoms with van der Waals surface area (Å²) in [5.41, 5.74) is 4.15. The average Bonchev–Trinajstić information content (AvgIpc) is 3.30. The Morgan fingerprint density at radius 3 is 2.34 bits per heavy atom. The largest absolute Gasteiger partial charge is 0.494 e. The third-order valence-electron chi connectivity index (χ3n) is 6.52. The van der Waals surface area contributed by atoms with Gasteiger partial charge in [-0.3, -0.25) is 4.79 Å². The lowest BCUT2D eigenvalue weighted by atomic mass is 10.0. The molecule has 0 saturated carbocycles. The van der Waals surface area contributed by atoms with Crippen LogP contribution in [0.25, 0.3) is 23.1 Å². The molecule has 2 N–H and O–H groups in total. The number of carboxylic acid groups (broad SMARTS) is 2. The van der Waals surface area contributed by atoms with Crippen molar-refractivity contribution in [1.82, 2.24) is 4.57 Å². The van der Waals surface area contributed by atoms with E-state index in [9.17, 15) is 14.7 Å². The molecule has 196 valence electrons. The van der Waals surface area contributed by atoms with Crippen LogP contribution in [0.1, 0.15) is 59.2 Å². The van der Waals surface area contributed by atoms with Gasteiger partial charge in [0, 0.05) is 30.1 Å². The average molecular weight is 512 g/mol. The van der Waals surface area contributed by atoms with Crippen LogP contribution in [0.15, 0.2) is 79.0 Å². The SMILES string of the molecule is O=C(O)CCCn1cc(C(=O)O)c2c(/C=C/c3ccc(OCCCCCc4ccccc4)cc3)cccc21. The number of ether oxygens (including phenoxy) is 1. The van der Waals surface area contributed by atoms with Crippen molar-refractivity contribution >= 4 is 35.0 Å². The molecule has 4 rings (SSSR count). The summed E-state index contributed by atoms with van der Waals surface area (Å²) in [5.74, 6) is -1.04. The quantitative estimate of drug-likeness (QED) is 0.138. The second kappa shape index (κ2) is 13.3. The Hall–Kier alpha value is -4.32. The van der Waals surface area contributed by atoms with Crippen molar-refractivity contribution in [3.05, 3.63) is 101 Å². The predicted molar refractivity (Wildman–Crippen MR) is 151 cm³/mol. The highest BCUT2D eigenvalue weighted by molar-refractivity contribution is 6.07. The second-order valence-corrected chi connectivity index (χ2v) is 9.33. The number of aromatic nitrogens is 1. The summed E-state index contributed by atoms with van der Waals surface area (Å²) in [6, 6.07) is 24.0. The number of hydrogen-bond acceptors (Lipinski definition) is 3. The van der Waals surface area contributed by atoms with E-state index in [2.05, 4.69) is 24.3 Å². The molecule has 0 unspecified atom stereocenters. The van der Waals surface area contributed by atoms with E-state index in [1.165, 1.54) is 5.56 Å². The van der Waals surface area contributed by atoms with Crippen LogP contribution in [0.2, 0.25) is 0 Å². The molecule has 6 heteroatoms. The van der Waals surface area contributed by atoms with Gasteiger partial charge in [-0.25, -0.2) is 4.79 Å². The summed E-state index contributed by atoms with van der Waals surface area (Å²) >= 11 is 0. The van der Waals surface area contributed by atoms with Crippen molar-refractivity contribution in [1.29, 1.82) is 0 Å². The number of aryl methyl sites for hydroxylation is 2. The van der Waals surface area contributed by atoms with Crippen LogP contribution in [0.5, 0.6) is 5.75 Å². The Morgan fingerprint density at radius 1 is 0.816 bits per heavy atom. The maximum absolute atomic E-state index is 11.9. The summed E-state index contributed by atoms with van der Waals surface area (Å²) in [6.45, 7) is 1.13. The first kappa shape index (κ1) is 26.7. The number of hydrogen-bond donors (Lipinski definition) is 2. The van der Waals surface area contributed by atoms with Gasteiger partial charge in [0.2, 0.25) is 0 Å². The van der Waals surface area contributed by atoms with E-state index < -0.39 is 11.9 Å². The first-order valence-electron chi connectivity index (χ1n) is 13.0. The highest BCUT2D eigenvalue weighted by Crippen LogP contribution is 2.28. The van der Waals surface area contributed by atoms with Gasteiger partial charge in [-0.05, 0) is 67.0 Å². The molecule has 0 spiro atoms. The van der Waals surface area contributed by atoms with Gasteiger partial charge in [-0.15, -0.1) is 0 Å². The van der Waals surface area contributed by atoms with E-state index in [0.717, 1.165) is 48.1 Å². The topological polar surface area (TPSA) is 88.8 Å². The Balaban J connectivity index is 1.34. The molecule has 0 radical (unpaired) electrons. The molecule has 0 aliphatic rings.